The van der Waals surface area contributed by atoms with Crippen molar-refractivity contribution in [1.82, 2.24) is 0 Å². The summed E-state index contributed by atoms with van der Waals surface area (Å²) in [5.41, 5.74) is 0.826. The Morgan fingerprint density at radius 3 is 2.77 bits per heavy atom. The highest BCUT2D eigenvalue weighted by Gasteiger charge is 2.00. The van der Waals surface area contributed by atoms with Crippen LogP contribution in [0.25, 0.3) is 0 Å². The van der Waals surface area contributed by atoms with E-state index in [9.17, 15) is 4.39 Å². The largest absolute Gasteiger partial charge is 0.486 e. The summed E-state index contributed by atoms with van der Waals surface area (Å²) in [6.07, 6.45) is 0. The summed E-state index contributed by atoms with van der Waals surface area (Å²) in [5.74, 6) is 0.453. The predicted molar refractivity (Wildman–Crippen MR) is 54.9 cm³/mol. The monoisotopic (exact) mass is 198 g/mol. The molecule has 13 heavy (non-hydrogen) atoms. The van der Waals surface area contributed by atoms with Crippen LogP contribution in [0.15, 0.2) is 36.4 Å². The predicted octanol–water partition coefficient (Wildman–Crippen LogP) is 2.69. The lowest BCUT2D eigenvalue weighted by atomic mass is 10.3. The fourth-order valence-corrected chi connectivity index (χ4v) is 0.879. The molecule has 0 aliphatic rings. The molecule has 0 aliphatic carbocycles. The van der Waals surface area contributed by atoms with E-state index in [4.69, 9.17) is 4.74 Å². The number of benzene rings is 1. The molecule has 0 aliphatic heterocycles. The van der Waals surface area contributed by atoms with Crippen LogP contribution in [0.1, 0.15) is 0 Å². The van der Waals surface area contributed by atoms with Crippen LogP contribution in [0.5, 0.6) is 5.75 Å². The van der Waals surface area contributed by atoms with E-state index in [0.717, 1.165) is 5.57 Å². The number of hydrogen-bond acceptors (Lipinski definition) is 2. The smallest absolute Gasteiger partial charge is 0.165 e. The molecular weight excluding hydrogens is 187 g/mol. The number of ether oxygens (including phenoxy) is 1. The fourth-order valence-electron chi connectivity index (χ4n) is 0.787. The molecule has 0 aromatic heterocycles. The third kappa shape index (κ3) is 3.11. The Labute approximate surface area is 82.6 Å². The Hall–Kier alpha value is -0.960. The van der Waals surface area contributed by atoms with Gasteiger partial charge in [0.25, 0.3) is 0 Å². The van der Waals surface area contributed by atoms with Crippen molar-refractivity contribution in [2.24, 2.45) is 0 Å². The lowest BCUT2D eigenvalue weighted by Gasteiger charge is -2.06. The lowest BCUT2D eigenvalue weighted by molar-refractivity contribution is 0.333. The Bertz CT molecular complexity index is 299. The van der Waals surface area contributed by atoms with Gasteiger partial charge in [0.1, 0.15) is 6.61 Å². The van der Waals surface area contributed by atoms with E-state index < -0.39 is 0 Å². The molecule has 0 fully saturated rings. The zero-order valence-electron chi connectivity index (χ0n) is 7.16. The molecule has 1 aromatic rings. The van der Waals surface area contributed by atoms with E-state index >= 15 is 0 Å². The van der Waals surface area contributed by atoms with Gasteiger partial charge in [0, 0.05) is 5.75 Å². The van der Waals surface area contributed by atoms with Gasteiger partial charge >= 0.3 is 0 Å². The molecule has 0 spiro atoms. The van der Waals surface area contributed by atoms with Crippen molar-refractivity contribution in [2.75, 3.05) is 12.4 Å². The minimum absolute atomic E-state index is 0.255. The molecule has 70 valence electrons. The van der Waals surface area contributed by atoms with Gasteiger partial charge in [-0.3, -0.25) is 0 Å². The minimum atomic E-state index is -0.352. The van der Waals surface area contributed by atoms with Crippen molar-refractivity contribution in [1.29, 1.82) is 0 Å². The van der Waals surface area contributed by atoms with E-state index in [1.165, 1.54) is 6.07 Å². The molecular formula is C10H11FOS. The highest BCUT2D eigenvalue weighted by Crippen LogP contribution is 2.15. The molecule has 1 rings (SSSR count). The molecule has 0 atom stereocenters. The maximum Gasteiger partial charge on any atom is 0.165 e. The van der Waals surface area contributed by atoms with Crippen LogP contribution in [0.3, 0.4) is 0 Å². The van der Waals surface area contributed by atoms with Gasteiger partial charge in [-0.1, -0.05) is 18.7 Å². The quantitative estimate of drug-likeness (QED) is 0.578. The van der Waals surface area contributed by atoms with Crippen LogP contribution in [0, 0.1) is 5.82 Å². The van der Waals surface area contributed by atoms with Crippen LogP contribution in [-0.2, 0) is 0 Å². The van der Waals surface area contributed by atoms with Crippen LogP contribution < -0.4 is 4.74 Å². The van der Waals surface area contributed by atoms with Crippen molar-refractivity contribution in [3.05, 3.63) is 42.2 Å². The number of hydrogen-bond donors (Lipinski definition) is 1. The van der Waals surface area contributed by atoms with Gasteiger partial charge in [0.15, 0.2) is 11.6 Å². The molecule has 0 amide bonds. The van der Waals surface area contributed by atoms with Gasteiger partial charge in [-0.15, -0.1) is 0 Å². The van der Waals surface area contributed by atoms with E-state index in [-0.39, 0.29) is 11.6 Å². The first-order valence-corrected chi connectivity index (χ1v) is 4.52. The zero-order valence-corrected chi connectivity index (χ0v) is 8.06. The molecule has 0 bridgehead atoms. The summed E-state index contributed by atoms with van der Waals surface area (Å²) in [4.78, 5) is 0. The highest BCUT2D eigenvalue weighted by atomic mass is 32.1. The van der Waals surface area contributed by atoms with E-state index in [1.54, 1.807) is 18.2 Å². The van der Waals surface area contributed by atoms with Gasteiger partial charge in [-0.25, -0.2) is 4.39 Å². The van der Waals surface area contributed by atoms with Crippen molar-refractivity contribution in [3.63, 3.8) is 0 Å². The van der Waals surface area contributed by atoms with Crippen LogP contribution in [-0.4, -0.2) is 12.4 Å². The Morgan fingerprint density at radius 2 is 2.15 bits per heavy atom. The third-order valence-electron chi connectivity index (χ3n) is 1.49. The molecule has 0 heterocycles. The average Bonchev–Trinajstić information content (AvgIpc) is 2.16. The Morgan fingerprint density at radius 1 is 1.46 bits per heavy atom. The number of halogens is 1. The number of para-hydroxylation sites is 1. The van der Waals surface area contributed by atoms with E-state index in [2.05, 4.69) is 19.2 Å². The molecule has 0 N–H and O–H groups in total. The average molecular weight is 198 g/mol. The summed E-state index contributed by atoms with van der Waals surface area (Å²) in [7, 11) is 0. The SMILES string of the molecule is C=C(CS)COc1ccccc1F. The molecule has 1 nitrogen and oxygen atoms in total. The van der Waals surface area contributed by atoms with Gasteiger partial charge < -0.3 is 4.74 Å². The molecule has 0 unspecified atom stereocenters. The van der Waals surface area contributed by atoms with Gasteiger partial charge in [-0.05, 0) is 17.7 Å². The van der Waals surface area contributed by atoms with Crippen molar-refractivity contribution in [3.8, 4) is 5.75 Å². The lowest BCUT2D eigenvalue weighted by Crippen LogP contribution is -2.02. The second-order valence-corrected chi connectivity index (χ2v) is 2.94. The number of thiol groups is 1. The highest BCUT2D eigenvalue weighted by molar-refractivity contribution is 7.80. The Balaban J connectivity index is 2.54. The van der Waals surface area contributed by atoms with E-state index in [1.807, 2.05) is 0 Å². The standard InChI is InChI=1S/C10H11FOS/c1-8(7-13)6-12-10-5-3-2-4-9(10)11/h2-5,13H,1,6-7H2. The normalized spacial score (nSPS) is 9.69. The molecule has 0 saturated heterocycles. The molecule has 3 heteroatoms. The topological polar surface area (TPSA) is 9.23 Å². The van der Waals surface area contributed by atoms with Crippen LogP contribution in [0.2, 0.25) is 0 Å². The third-order valence-corrected chi connectivity index (χ3v) is 1.94. The van der Waals surface area contributed by atoms with Crippen LogP contribution >= 0.6 is 12.6 Å². The Kier molecular flexibility index (Phi) is 3.83. The first kappa shape index (κ1) is 10.1. The van der Waals surface area contributed by atoms with Crippen molar-refractivity contribution in [2.45, 2.75) is 0 Å². The van der Waals surface area contributed by atoms with E-state index in [0.29, 0.717) is 12.4 Å². The summed E-state index contributed by atoms with van der Waals surface area (Å²) in [6.45, 7) is 4.00. The zero-order chi connectivity index (χ0) is 9.68. The fraction of sp³-hybridized carbons (Fsp3) is 0.200. The van der Waals surface area contributed by atoms with Crippen LogP contribution in [0.4, 0.5) is 4.39 Å². The summed E-state index contributed by atoms with van der Waals surface area (Å²) in [5, 5.41) is 0. The van der Waals surface area contributed by atoms with Crippen molar-refractivity contribution < 1.29 is 9.13 Å². The summed E-state index contributed by atoms with van der Waals surface area (Å²) >= 11 is 4.01. The molecule has 0 radical (unpaired) electrons. The maximum absolute atomic E-state index is 13.0. The molecule has 1 aromatic carbocycles. The second kappa shape index (κ2) is 4.92. The minimum Gasteiger partial charge on any atom is -0.486 e. The van der Waals surface area contributed by atoms with Gasteiger partial charge in [0.05, 0.1) is 0 Å². The maximum atomic E-state index is 13.0. The first-order valence-electron chi connectivity index (χ1n) is 3.89. The summed E-state index contributed by atoms with van der Waals surface area (Å²) in [6, 6.07) is 6.29. The first-order chi connectivity index (χ1) is 6.24. The number of rotatable bonds is 4. The van der Waals surface area contributed by atoms with Gasteiger partial charge in [0.2, 0.25) is 0 Å². The summed E-state index contributed by atoms with van der Waals surface area (Å²) < 4.78 is 18.1. The second-order valence-electron chi connectivity index (χ2n) is 2.63. The molecule has 0 saturated carbocycles. The van der Waals surface area contributed by atoms with Crippen molar-refractivity contribution >= 4 is 12.6 Å². The van der Waals surface area contributed by atoms with Gasteiger partial charge in [-0.2, -0.15) is 12.6 Å².